The minimum Gasteiger partial charge on any atom is -0.491 e. The van der Waals surface area contributed by atoms with Gasteiger partial charge >= 0.3 is 0 Å². The van der Waals surface area contributed by atoms with E-state index < -0.39 is 0 Å². The lowest BCUT2D eigenvalue weighted by Crippen LogP contribution is -2.32. The number of rotatable bonds is 4. The van der Waals surface area contributed by atoms with Gasteiger partial charge in [-0.25, -0.2) is 0 Å². The Kier molecular flexibility index (Phi) is 4.17. The molecule has 0 N–H and O–H groups in total. The van der Waals surface area contributed by atoms with E-state index in [4.69, 9.17) is 4.74 Å². The fraction of sp³-hybridized carbons (Fsp3) is 0.273. The molecular weight excluding hydrogens is 356 g/mol. The molecule has 4 nitrogen and oxygen atoms in total. The van der Waals surface area contributed by atoms with Crippen LogP contribution >= 0.6 is 11.3 Å². The zero-order chi connectivity index (χ0) is 18.2. The number of fused-ring (bicyclic) bond motifs is 1. The van der Waals surface area contributed by atoms with Gasteiger partial charge in [-0.15, -0.1) is 11.3 Å². The van der Waals surface area contributed by atoms with Crippen molar-refractivity contribution in [2.75, 3.05) is 13.2 Å². The maximum Gasteiger partial charge on any atom is 0.258 e. The van der Waals surface area contributed by atoms with Gasteiger partial charge in [0.25, 0.3) is 5.91 Å². The van der Waals surface area contributed by atoms with Crippen LogP contribution in [0.5, 0.6) is 5.75 Å². The van der Waals surface area contributed by atoms with Gasteiger partial charge in [0.2, 0.25) is 0 Å². The van der Waals surface area contributed by atoms with E-state index in [1.807, 2.05) is 46.6 Å². The Hall–Kier alpha value is -2.66. The summed E-state index contributed by atoms with van der Waals surface area (Å²) in [6.45, 7) is 1.55. The number of thiophene rings is 1. The second-order valence-corrected chi connectivity index (χ2v) is 8.20. The minimum absolute atomic E-state index is 0.00831. The molecule has 1 aromatic carbocycles. The third kappa shape index (κ3) is 3.35. The Morgan fingerprint density at radius 2 is 2.07 bits per heavy atom. The molecule has 0 radical (unpaired) electrons. The molecular formula is C22H20N2O2S. The fourth-order valence-electron chi connectivity index (χ4n) is 3.45. The van der Waals surface area contributed by atoms with Gasteiger partial charge in [-0.1, -0.05) is 6.07 Å². The average molecular weight is 376 g/mol. The van der Waals surface area contributed by atoms with Gasteiger partial charge in [-0.2, -0.15) is 0 Å². The topological polar surface area (TPSA) is 42.4 Å². The van der Waals surface area contributed by atoms with Crippen LogP contribution in [-0.2, 0) is 6.54 Å². The van der Waals surface area contributed by atoms with E-state index in [9.17, 15) is 4.79 Å². The molecule has 1 aliphatic carbocycles. The predicted octanol–water partition coefficient (Wildman–Crippen LogP) is 4.72. The van der Waals surface area contributed by atoms with E-state index in [0.717, 1.165) is 17.2 Å². The van der Waals surface area contributed by atoms with Crippen molar-refractivity contribution < 1.29 is 9.53 Å². The van der Waals surface area contributed by atoms with Crippen molar-refractivity contribution in [2.24, 2.45) is 0 Å². The number of amides is 1. The molecule has 2 aliphatic rings. The van der Waals surface area contributed by atoms with Gasteiger partial charge in [-0.05, 0) is 66.8 Å². The molecule has 0 bridgehead atoms. The highest BCUT2D eigenvalue weighted by atomic mass is 32.1. The van der Waals surface area contributed by atoms with E-state index in [1.54, 1.807) is 6.20 Å². The molecule has 1 fully saturated rings. The van der Waals surface area contributed by atoms with Crippen molar-refractivity contribution >= 4 is 17.2 Å². The molecule has 5 rings (SSSR count). The van der Waals surface area contributed by atoms with Crippen molar-refractivity contribution in [3.05, 3.63) is 70.9 Å². The summed E-state index contributed by atoms with van der Waals surface area (Å²) in [6, 6.07) is 16.2. The molecule has 5 heteroatoms. The van der Waals surface area contributed by atoms with Crippen LogP contribution in [0, 0.1) is 0 Å². The molecule has 1 aliphatic heterocycles. The maximum absolute atomic E-state index is 13.2. The Morgan fingerprint density at radius 3 is 2.89 bits per heavy atom. The summed E-state index contributed by atoms with van der Waals surface area (Å²) >= 11 is 1.84. The Bertz CT molecular complexity index is 979. The molecule has 0 unspecified atom stereocenters. The fourth-order valence-corrected chi connectivity index (χ4v) is 4.62. The highest BCUT2D eigenvalue weighted by Gasteiger charge is 2.27. The van der Waals surface area contributed by atoms with E-state index in [0.29, 0.717) is 31.0 Å². The zero-order valence-electron chi connectivity index (χ0n) is 14.9. The van der Waals surface area contributed by atoms with Gasteiger partial charge in [0, 0.05) is 16.0 Å². The van der Waals surface area contributed by atoms with Crippen LogP contribution in [0.4, 0.5) is 0 Å². The Labute approximate surface area is 162 Å². The summed E-state index contributed by atoms with van der Waals surface area (Å²) in [4.78, 5) is 22.0. The molecule has 136 valence electrons. The van der Waals surface area contributed by atoms with E-state index >= 15 is 0 Å². The molecule has 3 heterocycles. The Balaban J connectivity index is 1.45. The van der Waals surface area contributed by atoms with Crippen molar-refractivity contribution in [1.29, 1.82) is 0 Å². The van der Waals surface area contributed by atoms with Crippen LogP contribution in [0.3, 0.4) is 0 Å². The molecule has 0 atom stereocenters. The number of carbonyl (C=O) groups excluding carboxylic acids is 1. The normalized spacial score (nSPS) is 16.6. The number of benzene rings is 1. The van der Waals surface area contributed by atoms with Crippen molar-refractivity contribution in [1.82, 2.24) is 9.88 Å². The van der Waals surface area contributed by atoms with E-state index in [-0.39, 0.29) is 5.91 Å². The number of carbonyl (C=O) groups is 1. The van der Waals surface area contributed by atoms with E-state index in [2.05, 4.69) is 23.2 Å². The number of hydrogen-bond donors (Lipinski definition) is 0. The van der Waals surface area contributed by atoms with Gasteiger partial charge < -0.3 is 9.64 Å². The lowest BCUT2D eigenvalue weighted by molar-refractivity contribution is 0.0741. The largest absolute Gasteiger partial charge is 0.491 e. The first kappa shape index (κ1) is 16.5. The quantitative estimate of drug-likeness (QED) is 0.661. The number of pyridine rings is 1. The molecule has 0 saturated heterocycles. The molecule has 1 saturated carbocycles. The first-order valence-corrected chi connectivity index (χ1v) is 10.2. The number of hydrogen-bond acceptors (Lipinski definition) is 4. The van der Waals surface area contributed by atoms with Crippen molar-refractivity contribution in [2.45, 2.75) is 25.3 Å². The summed E-state index contributed by atoms with van der Waals surface area (Å²) < 4.78 is 5.85. The van der Waals surface area contributed by atoms with Gasteiger partial charge in [0.1, 0.15) is 12.4 Å². The lowest BCUT2D eigenvalue weighted by Gasteiger charge is -2.19. The minimum atomic E-state index is 0.00831. The number of ether oxygens (including phenoxy) is 1. The highest BCUT2D eigenvalue weighted by molar-refractivity contribution is 7.15. The summed E-state index contributed by atoms with van der Waals surface area (Å²) in [7, 11) is 0. The number of aromatic nitrogens is 1. The average Bonchev–Trinajstić information content (AvgIpc) is 3.46. The highest BCUT2D eigenvalue weighted by Crippen LogP contribution is 2.45. The van der Waals surface area contributed by atoms with Crippen LogP contribution in [0.2, 0.25) is 0 Å². The molecule has 27 heavy (non-hydrogen) atoms. The first-order valence-electron chi connectivity index (χ1n) is 9.34. The Morgan fingerprint density at radius 1 is 1.15 bits per heavy atom. The zero-order valence-corrected chi connectivity index (χ0v) is 15.7. The van der Waals surface area contributed by atoms with Crippen LogP contribution in [0.15, 0.2) is 54.7 Å². The lowest BCUT2D eigenvalue weighted by atomic mass is 10.1. The van der Waals surface area contributed by atoms with E-state index in [1.165, 1.54) is 22.6 Å². The third-order valence-electron chi connectivity index (χ3n) is 5.09. The second kappa shape index (κ2) is 6.82. The summed E-state index contributed by atoms with van der Waals surface area (Å²) in [5.41, 5.74) is 2.61. The maximum atomic E-state index is 13.2. The SMILES string of the molecule is O=C1c2cc(-c3ccc(C4CC4)s3)ccc2OCCN1Cc1ccccn1. The van der Waals surface area contributed by atoms with Crippen LogP contribution < -0.4 is 4.74 Å². The smallest absolute Gasteiger partial charge is 0.258 e. The molecule has 1 amide bonds. The van der Waals surface area contributed by atoms with Crippen LogP contribution in [-0.4, -0.2) is 28.9 Å². The molecule has 0 spiro atoms. The summed E-state index contributed by atoms with van der Waals surface area (Å²) in [6.07, 6.45) is 4.37. The van der Waals surface area contributed by atoms with Crippen LogP contribution in [0.1, 0.15) is 39.7 Å². The van der Waals surface area contributed by atoms with Gasteiger partial charge in [-0.3, -0.25) is 9.78 Å². The summed E-state index contributed by atoms with van der Waals surface area (Å²) in [5.74, 6) is 1.43. The van der Waals surface area contributed by atoms with Crippen LogP contribution in [0.25, 0.3) is 10.4 Å². The third-order valence-corrected chi connectivity index (χ3v) is 6.38. The van der Waals surface area contributed by atoms with Gasteiger partial charge in [0.05, 0.1) is 24.3 Å². The second-order valence-electron chi connectivity index (χ2n) is 7.08. The van der Waals surface area contributed by atoms with Gasteiger partial charge in [0.15, 0.2) is 0 Å². The predicted molar refractivity (Wildman–Crippen MR) is 106 cm³/mol. The monoisotopic (exact) mass is 376 g/mol. The first-order chi connectivity index (χ1) is 13.3. The molecule has 2 aromatic heterocycles. The molecule has 3 aromatic rings. The standard InChI is InChI=1S/C22H20N2O2S/c25-22-18-13-16(21-9-8-20(27-21)15-4-5-15)6-7-19(18)26-12-11-24(22)14-17-3-1-2-10-23-17/h1-3,6-10,13,15H,4-5,11-12,14H2. The number of nitrogens with zero attached hydrogens (tertiary/aromatic N) is 2. The summed E-state index contributed by atoms with van der Waals surface area (Å²) in [5, 5.41) is 0. The van der Waals surface area contributed by atoms with Crippen molar-refractivity contribution in [3.8, 4) is 16.2 Å². The van der Waals surface area contributed by atoms with Crippen molar-refractivity contribution in [3.63, 3.8) is 0 Å².